The van der Waals surface area contributed by atoms with E-state index in [2.05, 4.69) is 0 Å². The number of hydrogen-bond acceptors (Lipinski definition) is 3. The molecule has 3 heteroatoms. The summed E-state index contributed by atoms with van der Waals surface area (Å²) < 4.78 is 5.31. The number of aryl methyl sites for hydroxylation is 2. The number of esters is 1. The normalized spacial score (nSPS) is 10.2. The second-order valence-electron chi connectivity index (χ2n) is 4.60. The summed E-state index contributed by atoms with van der Waals surface area (Å²) in [4.78, 5) is 12.0. The number of nitrogens with two attached hydrogens (primary N) is 1. The van der Waals surface area contributed by atoms with Crippen LogP contribution in [-0.4, -0.2) is 5.97 Å². The van der Waals surface area contributed by atoms with Crippen molar-refractivity contribution >= 4 is 11.7 Å². The number of anilines is 1. The van der Waals surface area contributed by atoms with Gasteiger partial charge in [-0.2, -0.15) is 0 Å². The third-order valence-electron chi connectivity index (χ3n) is 2.96. The van der Waals surface area contributed by atoms with Gasteiger partial charge in [0.2, 0.25) is 0 Å². The highest BCUT2D eigenvalue weighted by Gasteiger charge is 2.13. The lowest BCUT2D eigenvalue weighted by molar-refractivity contribution is 0.0473. The molecular formula is C16H17NO2. The fourth-order valence-electron chi connectivity index (χ4n) is 1.99. The molecule has 0 saturated carbocycles. The molecule has 0 aliphatic carbocycles. The quantitative estimate of drug-likeness (QED) is 0.676. The Morgan fingerprint density at radius 3 is 2.58 bits per heavy atom. The number of benzene rings is 2. The third-order valence-corrected chi connectivity index (χ3v) is 2.96. The van der Waals surface area contributed by atoms with Gasteiger partial charge in [0.25, 0.3) is 0 Å². The van der Waals surface area contributed by atoms with Crippen molar-refractivity contribution in [2.24, 2.45) is 0 Å². The van der Waals surface area contributed by atoms with Crippen LogP contribution in [0, 0.1) is 13.8 Å². The van der Waals surface area contributed by atoms with Crippen LogP contribution in [0.3, 0.4) is 0 Å². The maximum atomic E-state index is 12.0. The Hall–Kier alpha value is -2.29. The minimum atomic E-state index is -0.378. The molecule has 2 aromatic rings. The van der Waals surface area contributed by atoms with E-state index in [9.17, 15) is 4.79 Å². The van der Waals surface area contributed by atoms with E-state index in [-0.39, 0.29) is 12.6 Å². The van der Waals surface area contributed by atoms with E-state index in [1.165, 1.54) is 0 Å². The predicted molar refractivity (Wildman–Crippen MR) is 75.9 cm³/mol. The topological polar surface area (TPSA) is 52.3 Å². The van der Waals surface area contributed by atoms with E-state index >= 15 is 0 Å². The lowest BCUT2D eigenvalue weighted by Gasteiger charge is -2.09. The third kappa shape index (κ3) is 3.13. The Morgan fingerprint density at radius 1 is 1.16 bits per heavy atom. The van der Waals surface area contributed by atoms with Gasteiger partial charge in [-0.1, -0.05) is 42.0 Å². The van der Waals surface area contributed by atoms with Crippen LogP contribution >= 0.6 is 0 Å². The smallest absolute Gasteiger partial charge is 0.340 e. The predicted octanol–water partition coefficient (Wildman–Crippen LogP) is 3.24. The molecule has 0 heterocycles. The van der Waals surface area contributed by atoms with Crippen LogP contribution in [0.15, 0.2) is 42.5 Å². The fraction of sp³-hybridized carbons (Fsp3) is 0.188. The largest absolute Gasteiger partial charge is 0.457 e. The first-order valence-electron chi connectivity index (χ1n) is 6.15. The molecule has 19 heavy (non-hydrogen) atoms. The van der Waals surface area contributed by atoms with Gasteiger partial charge in [-0.25, -0.2) is 4.79 Å². The van der Waals surface area contributed by atoms with Crippen molar-refractivity contribution in [3.8, 4) is 0 Å². The lowest BCUT2D eigenvalue weighted by Crippen LogP contribution is -2.10. The number of rotatable bonds is 3. The Balaban J connectivity index is 2.10. The summed E-state index contributed by atoms with van der Waals surface area (Å²) in [7, 11) is 0. The van der Waals surface area contributed by atoms with Crippen LogP contribution in [-0.2, 0) is 11.3 Å². The standard InChI is InChI=1S/C16H17NO2/c1-11-5-3-7-13(9-11)10-19-16(18)15-12(2)6-4-8-14(15)17/h3-9H,10,17H2,1-2H3. The number of hydrogen-bond donors (Lipinski definition) is 1. The van der Waals surface area contributed by atoms with Crippen LogP contribution in [0.4, 0.5) is 5.69 Å². The summed E-state index contributed by atoms with van der Waals surface area (Å²) in [6.07, 6.45) is 0. The molecule has 0 amide bonds. The van der Waals surface area contributed by atoms with Gasteiger partial charge in [-0.05, 0) is 31.0 Å². The van der Waals surface area contributed by atoms with E-state index in [1.54, 1.807) is 6.07 Å². The van der Waals surface area contributed by atoms with E-state index in [0.29, 0.717) is 11.3 Å². The average molecular weight is 255 g/mol. The zero-order valence-corrected chi connectivity index (χ0v) is 11.1. The van der Waals surface area contributed by atoms with Crippen molar-refractivity contribution in [1.82, 2.24) is 0 Å². The maximum Gasteiger partial charge on any atom is 0.340 e. The van der Waals surface area contributed by atoms with Crippen molar-refractivity contribution in [3.63, 3.8) is 0 Å². The summed E-state index contributed by atoms with van der Waals surface area (Å²) >= 11 is 0. The molecule has 0 bridgehead atoms. The van der Waals surface area contributed by atoms with E-state index in [4.69, 9.17) is 10.5 Å². The molecule has 3 nitrogen and oxygen atoms in total. The summed E-state index contributed by atoms with van der Waals surface area (Å²) in [5, 5.41) is 0. The van der Waals surface area contributed by atoms with Crippen LogP contribution in [0.5, 0.6) is 0 Å². The molecule has 2 aromatic carbocycles. The molecule has 2 rings (SSSR count). The first-order valence-corrected chi connectivity index (χ1v) is 6.15. The first-order chi connectivity index (χ1) is 9.08. The van der Waals surface area contributed by atoms with Gasteiger partial charge in [-0.15, -0.1) is 0 Å². The fourth-order valence-corrected chi connectivity index (χ4v) is 1.99. The van der Waals surface area contributed by atoms with Crippen LogP contribution in [0.1, 0.15) is 27.0 Å². The van der Waals surface area contributed by atoms with Gasteiger partial charge >= 0.3 is 5.97 Å². The highest BCUT2D eigenvalue weighted by atomic mass is 16.5. The number of carbonyl (C=O) groups is 1. The highest BCUT2D eigenvalue weighted by molar-refractivity contribution is 5.96. The van der Waals surface area contributed by atoms with Gasteiger partial charge < -0.3 is 10.5 Å². The summed E-state index contributed by atoms with van der Waals surface area (Å²) in [5.74, 6) is -0.378. The van der Waals surface area contributed by atoms with Crippen molar-refractivity contribution in [2.75, 3.05) is 5.73 Å². The highest BCUT2D eigenvalue weighted by Crippen LogP contribution is 2.18. The molecule has 0 saturated heterocycles. The molecule has 0 aromatic heterocycles. The van der Waals surface area contributed by atoms with E-state index in [0.717, 1.165) is 16.7 Å². The van der Waals surface area contributed by atoms with Crippen molar-refractivity contribution in [2.45, 2.75) is 20.5 Å². The van der Waals surface area contributed by atoms with Crippen LogP contribution in [0.2, 0.25) is 0 Å². The molecule has 98 valence electrons. The molecule has 0 aliphatic rings. The number of ether oxygens (including phenoxy) is 1. The zero-order valence-electron chi connectivity index (χ0n) is 11.1. The minimum Gasteiger partial charge on any atom is -0.457 e. The Kier molecular flexibility index (Phi) is 3.85. The van der Waals surface area contributed by atoms with Gasteiger partial charge in [0.1, 0.15) is 6.61 Å². The summed E-state index contributed by atoms with van der Waals surface area (Å²) in [6, 6.07) is 13.2. The average Bonchev–Trinajstić information content (AvgIpc) is 2.36. The summed E-state index contributed by atoms with van der Waals surface area (Å²) in [6.45, 7) is 4.11. The lowest BCUT2D eigenvalue weighted by atomic mass is 10.1. The Labute approximate surface area is 113 Å². The van der Waals surface area contributed by atoms with E-state index in [1.807, 2.05) is 50.2 Å². The SMILES string of the molecule is Cc1cccc(COC(=O)c2c(C)cccc2N)c1. The molecule has 0 fully saturated rings. The van der Waals surface area contributed by atoms with E-state index < -0.39 is 0 Å². The van der Waals surface area contributed by atoms with Gasteiger partial charge in [0, 0.05) is 5.69 Å². The number of carbonyl (C=O) groups excluding carboxylic acids is 1. The molecule has 0 radical (unpaired) electrons. The molecule has 0 spiro atoms. The molecule has 0 aliphatic heterocycles. The first kappa shape index (κ1) is 13.1. The van der Waals surface area contributed by atoms with Gasteiger partial charge in [0.15, 0.2) is 0 Å². The van der Waals surface area contributed by atoms with Crippen LogP contribution < -0.4 is 5.73 Å². The monoisotopic (exact) mass is 255 g/mol. The van der Waals surface area contributed by atoms with Crippen molar-refractivity contribution < 1.29 is 9.53 Å². The van der Waals surface area contributed by atoms with Gasteiger partial charge in [-0.3, -0.25) is 0 Å². The Bertz CT molecular complexity index is 585. The second-order valence-corrected chi connectivity index (χ2v) is 4.60. The van der Waals surface area contributed by atoms with Crippen molar-refractivity contribution in [1.29, 1.82) is 0 Å². The number of nitrogen functional groups attached to an aromatic ring is 1. The maximum absolute atomic E-state index is 12.0. The minimum absolute atomic E-state index is 0.258. The van der Waals surface area contributed by atoms with Gasteiger partial charge in [0.05, 0.1) is 5.56 Å². The summed E-state index contributed by atoms with van der Waals surface area (Å²) in [5.41, 5.74) is 9.66. The molecule has 0 unspecified atom stereocenters. The molecule has 0 atom stereocenters. The van der Waals surface area contributed by atoms with Crippen LogP contribution in [0.25, 0.3) is 0 Å². The second kappa shape index (κ2) is 5.57. The molecular weight excluding hydrogens is 238 g/mol. The van der Waals surface area contributed by atoms with Crippen molar-refractivity contribution in [3.05, 3.63) is 64.7 Å². The Morgan fingerprint density at radius 2 is 1.89 bits per heavy atom. The molecule has 2 N–H and O–H groups in total. The zero-order chi connectivity index (χ0) is 13.8.